The zero-order valence-electron chi connectivity index (χ0n) is 10.1. The molecule has 1 aromatic heterocycles. The number of aromatic amines is 1. The lowest BCUT2D eigenvalue weighted by atomic mass is 10.0. The molecule has 2 aliphatic heterocycles. The highest BCUT2D eigenvalue weighted by atomic mass is 16.5. The van der Waals surface area contributed by atoms with Gasteiger partial charge in [-0.1, -0.05) is 0 Å². The minimum Gasteiger partial charge on any atom is -0.493 e. The highest BCUT2D eigenvalue weighted by molar-refractivity contribution is 5.62. The third kappa shape index (κ3) is 1.53. The van der Waals surface area contributed by atoms with E-state index in [1.165, 1.54) is 11.1 Å². The number of nitrogens with zero attached hydrogens (tertiary/aromatic N) is 1. The molecule has 0 saturated carbocycles. The maximum atomic E-state index is 5.53. The first kappa shape index (κ1) is 10.1. The molecule has 0 amide bonds. The number of benzene rings is 1. The SMILES string of the molecule is c1cc2c(cc1-c1cnc(C3CNC3)[nH]1)CCO2. The standard InChI is InChI=1S/C14H15N3O/c1-2-13-10(3-4-18-13)5-9(1)12-8-16-14(17-12)11-6-15-7-11/h1-2,5,8,11,15H,3-4,6-7H2,(H,16,17). The van der Waals surface area contributed by atoms with E-state index < -0.39 is 0 Å². The fraction of sp³-hybridized carbons (Fsp3) is 0.357. The molecule has 1 fully saturated rings. The molecule has 0 aliphatic carbocycles. The fourth-order valence-electron chi connectivity index (χ4n) is 2.53. The summed E-state index contributed by atoms with van der Waals surface area (Å²) in [5, 5.41) is 3.27. The van der Waals surface area contributed by atoms with E-state index in [9.17, 15) is 0 Å². The van der Waals surface area contributed by atoms with Crippen molar-refractivity contribution in [2.45, 2.75) is 12.3 Å². The Morgan fingerprint density at radius 1 is 1.28 bits per heavy atom. The smallest absolute Gasteiger partial charge is 0.122 e. The molecular formula is C14H15N3O. The molecule has 0 unspecified atom stereocenters. The van der Waals surface area contributed by atoms with Crippen LogP contribution in [0.1, 0.15) is 17.3 Å². The number of nitrogens with one attached hydrogen (secondary N) is 2. The van der Waals surface area contributed by atoms with Crippen molar-refractivity contribution in [2.75, 3.05) is 19.7 Å². The second-order valence-corrected chi connectivity index (χ2v) is 4.96. The lowest BCUT2D eigenvalue weighted by molar-refractivity contribution is 0.357. The van der Waals surface area contributed by atoms with Gasteiger partial charge in [-0.3, -0.25) is 0 Å². The molecule has 2 aromatic rings. The Morgan fingerprint density at radius 3 is 3.06 bits per heavy atom. The van der Waals surface area contributed by atoms with Crippen LogP contribution in [0.25, 0.3) is 11.3 Å². The zero-order valence-corrected chi connectivity index (χ0v) is 10.1. The number of hydrogen-bond acceptors (Lipinski definition) is 3. The zero-order chi connectivity index (χ0) is 11.9. The van der Waals surface area contributed by atoms with Crippen molar-refractivity contribution in [1.82, 2.24) is 15.3 Å². The average molecular weight is 241 g/mol. The number of rotatable bonds is 2. The second kappa shape index (κ2) is 3.85. The van der Waals surface area contributed by atoms with Crippen LogP contribution in [0.4, 0.5) is 0 Å². The Kier molecular flexibility index (Phi) is 2.17. The topological polar surface area (TPSA) is 49.9 Å². The number of imidazole rings is 1. The van der Waals surface area contributed by atoms with Crippen LogP contribution < -0.4 is 10.1 Å². The summed E-state index contributed by atoms with van der Waals surface area (Å²) in [5.41, 5.74) is 3.60. The number of aromatic nitrogens is 2. The molecule has 4 heteroatoms. The summed E-state index contributed by atoms with van der Waals surface area (Å²) in [7, 11) is 0. The van der Waals surface area contributed by atoms with Gasteiger partial charge in [-0.15, -0.1) is 0 Å². The lowest BCUT2D eigenvalue weighted by Crippen LogP contribution is -2.40. The summed E-state index contributed by atoms with van der Waals surface area (Å²) in [6.45, 7) is 2.87. The van der Waals surface area contributed by atoms with Gasteiger partial charge in [-0.05, 0) is 23.8 Å². The van der Waals surface area contributed by atoms with Crippen LogP contribution in [0.3, 0.4) is 0 Å². The molecular weight excluding hydrogens is 226 g/mol. The number of hydrogen-bond donors (Lipinski definition) is 2. The predicted octanol–water partition coefficient (Wildman–Crippen LogP) is 1.70. The summed E-state index contributed by atoms with van der Waals surface area (Å²) in [4.78, 5) is 7.91. The Bertz CT molecular complexity index is 586. The number of fused-ring (bicyclic) bond motifs is 1. The average Bonchev–Trinajstić information content (AvgIpc) is 2.93. The first-order valence-corrected chi connectivity index (χ1v) is 6.42. The van der Waals surface area contributed by atoms with E-state index in [0.29, 0.717) is 5.92 Å². The largest absolute Gasteiger partial charge is 0.493 e. The van der Waals surface area contributed by atoms with Gasteiger partial charge in [0.1, 0.15) is 11.6 Å². The van der Waals surface area contributed by atoms with Gasteiger partial charge < -0.3 is 15.0 Å². The van der Waals surface area contributed by atoms with Gasteiger partial charge in [0, 0.05) is 31.0 Å². The first-order valence-electron chi connectivity index (χ1n) is 6.42. The highest BCUT2D eigenvalue weighted by Gasteiger charge is 2.22. The highest BCUT2D eigenvalue weighted by Crippen LogP contribution is 2.30. The van der Waals surface area contributed by atoms with Crippen molar-refractivity contribution in [3.8, 4) is 17.0 Å². The van der Waals surface area contributed by atoms with Gasteiger partial charge in [-0.25, -0.2) is 4.98 Å². The van der Waals surface area contributed by atoms with E-state index in [1.807, 2.05) is 6.20 Å². The van der Waals surface area contributed by atoms with Gasteiger partial charge in [0.25, 0.3) is 0 Å². The van der Waals surface area contributed by atoms with E-state index in [0.717, 1.165) is 43.4 Å². The lowest BCUT2D eigenvalue weighted by Gasteiger charge is -2.24. The minimum atomic E-state index is 0.552. The summed E-state index contributed by atoms with van der Waals surface area (Å²) in [6.07, 6.45) is 2.95. The molecule has 0 spiro atoms. The quantitative estimate of drug-likeness (QED) is 0.841. The third-order valence-corrected chi connectivity index (χ3v) is 3.76. The molecule has 4 rings (SSSR count). The van der Waals surface area contributed by atoms with Crippen molar-refractivity contribution in [2.24, 2.45) is 0 Å². The normalized spacial score (nSPS) is 18.2. The van der Waals surface area contributed by atoms with Crippen LogP contribution in [-0.4, -0.2) is 29.7 Å². The van der Waals surface area contributed by atoms with Crippen molar-refractivity contribution >= 4 is 0 Å². The summed E-state index contributed by atoms with van der Waals surface area (Å²) in [5.74, 6) is 2.68. The van der Waals surface area contributed by atoms with Gasteiger partial charge >= 0.3 is 0 Å². The molecule has 0 bridgehead atoms. The van der Waals surface area contributed by atoms with Crippen LogP contribution in [0.5, 0.6) is 5.75 Å². The third-order valence-electron chi connectivity index (χ3n) is 3.76. The van der Waals surface area contributed by atoms with Gasteiger partial charge in [0.15, 0.2) is 0 Å². The Balaban J connectivity index is 1.67. The van der Waals surface area contributed by atoms with Crippen molar-refractivity contribution in [1.29, 1.82) is 0 Å². The van der Waals surface area contributed by atoms with Crippen LogP contribution >= 0.6 is 0 Å². The molecule has 0 atom stereocenters. The van der Waals surface area contributed by atoms with Crippen molar-refractivity contribution in [3.05, 3.63) is 35.8 Å². The Hall–Kier alpha value is -1.81. The minimum absolute atomic E-state index is 0.552. The maximum absolute atomic E-state index is 5.53. The van der Waals surface area contributed by atoms with E-state index in [2.05, 4.69) is 33.5 Å². The molecule has 2 N–H and O–H groups in total. The van der Waals surface area contributed by atoms with E-state index >= 15 is 0 Å². The van der Waals surface area contributed by atoms with E-state index in [1.54, 1.807) is 0 Å². The Morgan fingerprint density at radius 2 is 2.22 bits per heavy atom. The Labute approximate surface area is 105 Å². The maximum Gasteiger partial charge on any atom is 0.122 e. The molecule has 2 aliphatic rings. The van der Waals surface area contributed by atoms with Crippen molar-refractivity contribution in [3.63, 3.8) is 0 Å². The van der Waals surface area contributed by atoms with Gasteiger partial charge in [0.2, 0.25) is 0 Å². The van der Waals surface area contributed by atoms with E-state index in [-0.39, 0.29) is 0 Å². The molecule has 18 heavy (non-hydrogen) atoms. The summed E-state index contributed by atoms with van der Waals surface area (Å²) < 4.78 is 5.53. The number of H-pyrrole nitrogens is 1. The molecule has 92 valence electrons. The van der Waals surface area contributed by atoms with Crippen LogP contribution in [-0.2, 0) is 6.42 Å². The second-order valence-electron chi connectivity index (χ2n) is 4.96. The number of ether oxygens (including phenoxy) is 1. The molecule has 1 saturated heterocycles. The molecule has 1 aromatic carbocycles. The summed E-state index contributed by atoms with van der Waals surface area (Å²) >= 11 is 0. The van der Waals surface area contributed by atoms with Crippen LogP contribution in [0.15, 0.2) is 24.4 Å². The van der Waals surface area contributed by atoms with Gasteiger partial charge in [-0.2, -0.15) is 0 Å². The van der Waals surface area contributed by atoms with Gasteiger partial charge in [0.05, 0.1) is 18.5 Å². The van der Waals surface area contributed by atoms with Crippen molar-refractivity contribution < 1.29 is 4.74 Å². The monoisotopic (exact) mass is 241 g/mol. The fourth-order valence-corrected chi connectivity index (χ4v) is 2.53. The summed E-state index contributed by atoms with van der Waals surface area (Å²) in [6, 6.07) is 6.36. The molecule has 0 radical (unpaired) electrons. The molecule has 3 heterocycles. The predicted molar refractivity (Wildman–Crippen MR) is 68.8 cm³/mol. The van der Waals surface area contributed by atoms with Crippen LogP contribution in [0.2, 0.25) is 0 Å². The van der Waals surface area contributed by atoms with Crippen LogP contribution in [0, 0.1) is 0 Å². The van der Waals surface area contributed by atoms with E-state index in [4.69, 9.17) is 4.74 Å². The first-order chi connectivity index (χ1) is 8.90. The molecule has 4 nitrogen and oxygen atoms in total.